The summed E-state index contributed by atoms with van der Waals surface area (Å²) in [5, 5.41) is 30.8. The van der Waals surface area contributed by atoms with Crippen molar-refractivity contribution in [2.45, 2.75) is 282 Å². The first-order chi connectivity index (χ1) is 34.1. The molecule has 70 heavy (non-hydrogen) atoms. The van der Waals surface area contributed by atoms with Gasteiger partial charge in [-0.05, 0) is 77.0 Å². The van der Waals surface area contributed by atoms with Gasteiger partial charge in [-0.25, -0.2) is 4.18 Å². The molecule has 0 radical (unpaired) electrons. The second-order valence-electron chi connectivity index (χ2n) is 19.5. The Labute approximate surface area is 427 Å². The van der Waals surface area contributed by atoms with E-state index in [-0.39, 0.29) is 19.6 Å². The van der Waals surface area contributed by atoms with Crippen LogP contribution in [0.15, 0.2) is 48.6 Å². The van der Waals surface area contributed by atoms with E-state index in [1.807, 2.05) is 0 Å². The number of ether oxygens (including phenoxy) is 4. The van der Waals surface area contributed by atoms with Crippen LogP contribution in [0, 0.1) is 0 Å². The maximum Gasteiger partial charge on any atom is 0.397 e. The molecular weight excluding hydrogens is 909 g/mol. The van der Waals surface area contributed by atoms with Gasteiger partial charge in [-0.3, -0.25) is 9.35 Å². The van der Waals surface area contributed by atoms with Gasteiger partial charge in [0.15, 0.2) is 6.29 Å². The van der Waals surface area contributed by atoms with Crippen molar-refractivity contribution in [3.05, 3.63) is 48.6 Å². The Morgan fingerprint density at radius 3 is 1.39 bits per heavy atom. The molecular formula is C57H104O12S. The van der Waals surface area contributed by atoms with Crippen molar-refractivity contribution in [1.82, 2.24) is 0 Å². The topological polar surface area (TPSA) is 178 Å². The standard InChI is InChI=1S/C57H104O12S/c1-3-5-7-9-11-13-15-17-19-21-23-25-27-29-31-33-35-37-39-41-43-45-47-65-49-51(50-66-57-55(61)56(69-70(62,63)64)54(60)52(48-58)68-57)67-53(59)46-44-42-40-38-36-34-32-30-28-26-24-22-20-18-16-14-12-10-8-6-4-2/h16,18,21-24,28,30,51-52,54-58,60-61H,3-15,17,19-20,25-27,29,31-50H2,1-2H3,(H,62,63,64)/b18-16-,23-21-,24-22-,30-28-. The molecule has 1 aliphatic heterocycles. The number of carbonyl (C=O) groups excluding carboxylic acids is 1. The molecule has 13 heteroatoms. The highest BCUT2D eigenvalue weighted by molar-refractivity contribution is 7.80. The Kier molecular flexibility index (Phi) is 45.3. The van der Waals surface area contributed by atoms with Gasteiger partial charge in [0.1, 0.15) is 30.5 Å². The van der Waals surface area contributed by atoms with E-state index in [0.29, 0.717) is 13.0 Å². The van der Waals surface area contributed by atoms with Crippen LogP contribution in [0.2, 0.25) is 0 Å². The third-order valence-electron chi connectivity index (χ3n) is 12.9. The molecule has 0 aromatic heterocycles. The first-order valence-electron chi connectivity index (χ1n) is 28.4. The van der Waals surface area contributed by atoms with Gasteiger partial charge < -0.3 is 34.3 Å². The first-order valence-corrected chi connectivity index (χ1v) is 29.8. The highest BCUT2D eigenvalue weighted by Crippen LogP contribution is 2.26. The lowest BCUT2D eigenvalue weighted by Gasteiger charge is -2.41. The molecule has 410 valence electrons. The largest absolute Gasteiger partial charge is 0.457 e. The fraction of sp³-hybridized carbons (Fsp3) is 0.842. The number of aliphatic hydroxyl groups excluding tert-OH is 3. The van der Waals surface area contributed by atoms with Gasteiger partial charge >= 0.3 is 16.4 Å². The zero-order valence-electron chi connectivity index (χ0n) is 44.3. The minimum Gasteiger partial charge on any atom is -0.457 e. The Morgan fingerprint density at radius 1 is 0.543 bits per heavy atom. The van der Waals surface area contributed by atoms with Crippen LogP contribution in [-0.4, -0.2) is 97.5 Å². The summed E-state index contributed by atoms with van der Waals surface area (Å²) in [4.78, 5) is 12.9. The predicted molar refractivity (Wildman–Crippen MR) is 285 cm³/mol. The van der Waals surface area contributed by atoms with Crippen LogP contribution >= 0.6 is 0 Å². The zero-order chi connectivity index (χ0) is 51.0. The fourth-order valence-corrected chi connectivity index (χ4v) is 9.13. The average molecular weight is 1010 g/mol. The molecule has 4 N–H and O–H groups in total. The number of carbonyl (C=O) groups is 1. The van der Waals surface area contributed by atoms with Crippen molar-refractivity contribution in [3.8, 4) is 0 Å². The molecule has 1 rings (SSSR count). The van der Waals surface area contributed by atoms with E-state index in [1.165, 1.54) is 148 Å². The maximum absolute atomic E-state index is 12.9. The molecule has 0 amide bonds. The predicted octanol–water partition coefficient (Wildman–Crippen LogP) is 13.9. The van der Waals surface area contributed by atoms with Crippen molar-refractivity contribution in [2.24, 2.45) is 0 Å². The minimum atomic E-state index is -5.07. The van der Waals surface area contributed by atoms with Crippen molar-refractivity contribution in [3.63, 3.8) is 0 Å². The molecule has 0 aliphatic carbocycles. The summed E-state index contributed by atoms with van der Waals surface area (Å²) in [6.07, 6.45) is 51.4. The van der Waals surface area contributed by atoms with Gasteiger partial charge in [0.2, 0.25) is 0 Å². The molecule has 0 aromatic carbocycles. The molecule has 6 atom stereocenters. The number of unbranched alkanes of at least 4 members (excludes halogenated alkanes) is 29. The van der Waals surface area contributed by atoms with Crippen molar-refractivity contribution in [2.75, 3.05) is 26.4 Å². The Morgan fingerprint density at radius 2 is 0.943 bits per heavy atom. The Balaban J connectivity index is 2.33. The highest BCUT2D eigenvalue weighted by Gasteiger charge is 2.48. The molecule has 0 saturated carbocycles. The summed E-state index contributed by atoms with van der Waals surface area (Å²) in [7, 11) is -5.07. The number of hydrogen-bond acceptors (Lipinski definition) is 11. The maximum atomic E-state index is 12.9. The molecule has 0 aromatic rings. The summed E-state index contributed by atoms with van der Waals surface area (Å²) in [5.74, 6) is -0.409. The lowest BCUT2D eigenvalue weighted by Crippen LogP contribution is -2.60. The fourth-order valence-electron chi connectivity index (χ4n) is 8.62. The smallest absolute Gasteiger partial charge is 0.397 e. The summed E-state index contributed by atoms with van der Waals surface area (Å²) in [5.41, 5.74) is 0. The molecule has 6 unspecified atom stereocenters. The van der Waals surface area contributed by atoms with Gasteiger partial charge in [0, 0.05) is 13.0 Å². The number of aliphatic hydroxyl groups is 3. The molecule has 12 nitrogen and oxygen atoms in total. The number of rotatable bonds is 50. The third kappa shape index (κ3) is 40.5. The second kappa shape index (κ2) is 48.0. The third-order valence-corrected chi connectivity index (χ3v) is 13.4. The van der Waals surface area contributed by atoms with E-state index in [2.05, 4.69) is 66.6 Å². The molecule has 1 fully saturated rings. The van der Waals surface area contributed by atoms with Crippen molar-refractivity contribution < 1.29 is 56.2 Å². The van der Waals surface area contributed by atoms with Crippen LogP contribution in [0.3, 0.4) is 0 Å². The Bertz CT molecular complexity index is 1400. The van der Waals surface area contributed by atoms with Gasteiger partial charge in [-0.1, -0.05) is 210 Å². The first kappa shape index (κ1) is 66.1. The van der Waals surface area contributed by atoms with Crippen LogP contribution < -0.4 is 0 Å². The average Bonchev–Trinajstić information content (AvgIpc) is 3.34. The summed E-state index contributed by atoms with van der Waals surface area (Å²) in [6, 6.07) is 0. The van der Waals surface area contributed by atoms with Crippen molar-refractivity contribution in [1.29, 1.82) is 0 Å². The van der Waals surface area contributed by atoms with E-state index in [9.17, 15) is 33.1 Å². The highest BCUT2D eigenvalue weighted by atomic mass is 32.3. The molecule has 1 aliphatic rings. The molecule has 0 bridgehead atoms. The van der Waals surface area contributed by atoms with Crippen LogP contribution in [0.4, 0.5) is 0 Å². The monoisotopic (exact) mass is 1010 g/mol. The van der Waals surface area contributed by atoms with E-state index < -0.39 is 59.8 Å². The van der Waals surface area contributed by atoms with Crippen LogP contribution in [-0.2, 0) is 38.3 Å². The number of esters is 1. The second-order valence-corrected chi connectivity index (χ2v) is 20.6. The van der Waals surface area contributed by atoms with Gasteiger partial charge in [0.05, 0.1) is 19.8 Å². The van der Waals surface area contributed by atoms with Crippen LogP contribution in [0.5, 0.6) is 0 Å². The normalized spacial score (nSPS) is 19.4. The van der Waals surface area contributed by atoms with Gasteiger partial charge in [0.25, 0.3) is 0 Å². The molecule has 1 saturated heterocycles. The number of hydrogen-bond donors (Lipinski definition) is 4. The van der Waals surface area contributed by atoms with E-state index in [1.54, 1.807) is 0 Å². The summed E-state index contributed by atoms with van der Waals surface area (Å²) in [6.45, 7) is 3.99. The lowest BCUT2D eigenvalue weighted by molar-refractivity contribution is -0.301. The lowest BCUT2D eigenvalue weighted by atomic mass is 9.99. The van der Waals surface area contributed by atoms with Gasteiger partial charge in [-0.15, -0.1) is 0 Å². The van der Waals surface area contributed by atoms with E-state index in [0.717, 1.165) is 70.6 Å². The molecule has 1 heterocycles. The van der Waals surface area contributed by atoms with E-state index in [4.69, 9.17) is 18.9 Å². The quantitative estimate of drug-likeness (QED) is 0.0196. The van der Waals surface area contributed by atoms with Crippen molar-refractivity contribution >= 4 is 16.4 Å². The summed E-state index contributed by atoms with van der Waals surface area (Å²) < 4.78 is 59.4. The Hall–Kier alpha value is -1.94. The zero-order valence-corrected chi connectivity index (χ0v) is 45.1. The van der Waals surface area contributed by atoms with Crippen LogP contribution in [0.1, 0.15) is 245 Å². The van der Waals surface area contributed by atoms with E-state index >= 15 is 0 Å². The number of allylic oxidation sites excluding steroid dienone is 8. The van der Waals surface area contributed by atoms with Gasteiger partial charge in [-0.2, -0.15) is 8.42 Å². The van der Waals surface area contributed by atoms with Crippen LogP contribution in [0.25, 0.3) is 0 Å². The minimum absolute atomic E-state index is 0.0298. The summed E-state index contributed by atoms with van der Waals surface area (Å²) >= 11 is 0. The molecule has 0 spiro atoms. The SMILES string of the molecule is CCCCCCC/C=C\C/C=C\C/C=C\CCCCCCCCC(=O)OC(COCCCCCCCCCCCC/C=C\CCCCCCCCCC)COC1OC(CO)C(O)C(OS(=O)(=O)O)C1O.